The third kappa shape index (κ3) is 6.78. The third-order valence-corrected chi connectivity index (χ3v) is 6.86. The first kappa shape index (κ1) is 27.1. The van der Waals surface area contributed by atoms with Crippen LogP contribution in [0.15, 0.2) is 40.2 Å². The van der Waals surface area contributed by atoms with Crippen LogP contribution in [0.25, 0.3) is 6.08 Å². The molecule has 0 aromatic heterocycles. The Hall–Kier alpha value is -2.53. The van der Waals surface area contributed by atoms with Gasteiger partial charge in [0.15, 0.2) is 23.3 Å². The monoisotopic (exact) mass is 608 g/mol. The minimum Gasteiger partial charge on any atom is -0.490 e. The van der Waals surface area contributed by atoms with Crippen molar-refractivity contribution in [3.63, 3.8) is 0 Å². The summed E-state index contributed by atoms with van der Waals surface area (Å²) < 4.78 is 17.2. The van der Waals surface area contributed by atoms with Gasteiger partial charge in [0.25, 0.3) is 5.91 Å². The summed E-state index contributed by atoms with van der Waals surface area (Å²) in [5, 5.41) is 0.659. The Morgan fingerprint density at radius 2 is 1.89 bits per heavy atom. The number of hydrogen-bond acceptors (Lipinski definition) is 7. The van der Waals surface area contributed by atoms with Gasteiger partial charge >= 0.3 is 5.97 Å². The van der Waals surface area contributed by atoms with E-state index < -0.39 is 5.97 Å². The highest BCUT2D eigenvalue weighted by Gasteiger charge is 2.32. The lowest BCUT2D eigenvalue weighted by molar-refractivity contribution is -0.145. The Labute approximate surface area is 224 Å². The van der Waals surface area contributed by atoms with Gasteiger partial charge in [-0.2, -0.15) is 0 Å². The SMILES string of the molecule is CCOC(=O)COc1c(I)cc(/C=C2/SC(=Nc3cc(C)ccc3C)N(CC)C2=O)cc1OCC. The fraction of sp³-hybridized carbons (Fsp3) is 0.346. The molecule has 186 valence electrons. The van der Waals surface area contributed by atoms with E-state index in [2.05, 4.69) is 22.6 Å². The van der Waals surface area contributed by atoms with Crippen molar-refractivity contribution in [1.29, 1.82) is 0 Å². The first-order valence-corrected chi connectivity index (χ1v) is 13.3. The fourth-order valence-corrected chi connectivity index (χ4v) is 5.21. The van der Waals surface area contributed by atoms with Crippen molar-refractivity contribution in [2.45, 2.75) is 34.6 Å². The van der Waals surface area contributed by atoms with Crippen LogP contribution in [0.4, 0.5) is 5.69 Å². The number of rotatable bonds is 9. The maximum atomic E-state index is 13.1. The zero-order chi connectivity index (χ0) is 25.5. The summed E-state index contributed by atoms with van der Waals surface area (Å²) in [6.45, 7) is 10.6. The molecule has 7 nitrogen and oxygen atoms in total. The molecule has 0 unspecified atom stereocenters. The summed E-state index contributed by atoms with van der Waals surface area (Å²) in [5.74, 6) is 0.445. The van der Waals surface area contributed by atoms with Gasteiger partial charge in [-0.1, -0.05) is 12.1 Å². The average molecular weight is 608 g/mol. The predicted octanol–water partition coefficient (Wildman–Crippen LogP) is 5.87. The molecular weight excluding hydrogens is 579 g/mol. The predicted molar refractivity (Wildman–Crippen MR) is 148 cm³/mol. The number of amidine groups is 1. The molecule has 3 rings (SSSR count). The largest absolute Gasteiger partial charge is 0.490 e. The zero-order valence-electron chi connectivity index (χ0n) is 20.5. The number of thioether (sulfide) groups is 1. The van der Waals surface area contributed by atoms with Gasteiger partial charge in [-0.15, -0.1) is 0 Å². The molecule has 9 heteroatoms. The molecule has 0 bridgehead atoms. The van der Waals surface area contributed by atoms with Crippen LogP contribution in [-0.2, 0) is 14.3 Å². The number of carbonyl (C=O) groups is 2. The molecule has 1 aliphatic rings. The minimum atomic E-state index is -0.444. The molecule has 35 heavy (non-hydrogen) atoms. The molecule has 0 spiro atoms. The van der Waals surface area contributed by atoms with Gasteiger partial charge < -0.3 is 14.2 Å². The number of ether oxygens (including phenoxy) is 3. The smallest absolute Gasteiger partial charge is 0.344 e. The zero-order valence-corrected chi connectivity index (χ0v) is 23.5. The summed E-state index contributed by atoms with van der Waals surface area (Å²) in [5.41, 5.74) is 3.82. The van der Waals surface area contributed by atoms with Crippen LogP contribution in [0.1, 0.15) is 37.5 Å². The number of aliphatic imine (C=N–C) groups is 1. The molecule has 0 aliphatic carbocycles. The molecule has 0 saturated carbocycles. The van der Waals surface area contributed by atoms with E-state index >= 15 is 0 Å². The number of aryl methyl sites for hydroxylation is 2. The Kier molecular flexibility index (Phi) is 9.62. The molecule has 1 fully saturated rings. The number of esters is 1. The quantitative estimate of drug-likeness (QED) is 0.201. The number of halogens is 1. The Morgan fingerprint density at radius 1 is 1.11 bits per heavy atom. The van der Waals surface area contributed by atoms with Crippen LogP contribution >= 0.6 is 34.4 Å². The van der Waals surface area contributed by atoms with E-state index in [9.17, 15) is 9.59 Å². The number of likely N-dealkylation sites (N-methyl/N-ethyl adjacent to an activating group) is 1. The van der Waals surface area contributed by atoms with Crippen molar-refractivity contribution in [3.8, 4) is 11.5 Å². The highest BCUT2D eigenvalue weighted by Crippen LogP contribution is 2.38. The van der Waals surface area contributed by atoms with Gasteiger partial charge in [0.05, 0.1) is 27.4 Å². The molecule has 2 aromatic carbocycles. The molecule has 1 aliphatic heterocycles. The highest BCUT2D eigenvalue weighted by atomic mass is 127. The molecule has 0 atom stereocenters. The number of benzene rings is 2. The van der Waals surface area contributed by atoms with Crippen molar-refractivity contribution in [1.82, 2.24) is 4.90 Å². The van der Waals surface area contributed by atoms with E-state index in [4.69, 9.17) is 19.2 Å². The second-order valence-corrected chi connectivity index (χ2v) is 9.87. The van der Waals surface area contributed by atoms with E-state index in [1.807, 2.05) is 64.1 Å². The molecule has 1 amide bonds. The van der Waals surface area contributed by atoms with Crippen LogP contribution in [0.5, 0.6) is 11.5 Å². The van der Waals surface area contributed by atoms with E-state index in [0.29, 0.717) is 41.3 Å². The fourth-order valence-electron chi connectivity index (χ4n) is 3.37. The average Bonchev–Trinajstić information content (AvgIpc) is 3.09. The van der Waals surface area contributed by atoms with E-state index in [1.165, 1.54) is 11.8 Å². The van der Waals surface area contributed by atoms with Crippen LogP contribution in [0.2, 0.25) is 0 Å². The molecule has 1 heterocycles. The topological polar surface area (TPSA) is 77.4 Å². The second kappa shape index (κ2) is 12.4. The van der Waals surface area contributed by atoms with Crippen LogP contribution < -0.4 is 9.47 Å². The molecular formula is C26H29IN2O5S. The summed E-state index contributed by atoms with van der Waals surface area (Å²) in [6.07, 6.45) is 1.83. The first-order chi connectivity index (χ1) is 16.8. The first-order valence-electron chi connectivity index (χ1n) is 11.4. The van der Waals surface area contributed by atoms with Gasteiger partial charge in [0, 0.05) is 6.54 Å². The van der Waals surface area contributed by atoms with E-state index in [1.54, 1.807) is 11.8 Å². The van der Waals surface area contributed by atoms with Crippen molar-refractivity contribution in [2.75, 3.05) is 26.4 Å². The standard InChI is InChI=1S/C26H29IN2O5S/c1-6-29-25(31)22(35-26(29)28-20-11-16(4)9-10-17(20)5)14-18-12-19(27)24(21(13-18)32-7-2)34-15-23(30)33-8-3/h9-14H,6-8,15H2,1-5H3/b22-14+,28-26?. The second-order valence-electron chi connectivity index (χ2n) is 7.70. The van der Waals surface area contributed by atoms with Crippen molar-refractivity contribution >= 4 is 63.2 Å². The van der Waals surface area contributed by atoms with Gasteiger partial charge in [0.2, 0.25) is 0 Å². The molecule has 0 N–H and O–H groups in total. The van der Waals surface area contributed by atoms with E-state index in [-0.39, 0.29) is 12.5 Å². The summed E-state index contributed by atoms with van der Waals surface area (Å²) >= 11 is 3.49. The Morgan fingerprint density at radius 3 is 2.57 bits per heavy atom. The lowest BCUT2D eigenvalue weighted by Crippen LogP contribution is -2.28. The number of nitrogens with zero attached hydrogens (tertiary/aromatic N) is 2. The van der Waals surface area contributed by atoms with Crippen LogP contribution in [0, 0.1) is 17.4 Å². The third-order valence-electron chi connectivity index (χ3n) is 5.05. The van der Waals surface area contributed by atoms with Gasteiger partial charge in [-0.3, -0.25) is 9.69 Å². The molecule has 1 saturated heterocycles. The van der Waals surface area contributed by atoms with Gasteiger partial charge in [0.1, 0.15) is 0 Å². The van der Waals surface area contributed by atoms with Crippen molar-refractivity contribution in [2.24, 2.45) is 4.99 Å². The number of amides is 1. The van der Waals surface area contributed by atoms with Crippen molar-refractivity contribution < 1.29 is 23.8 Å². The van der Waals surface area contributed by atoms with E-state index in [0.717, 1.165) is 25.9 Å². The molecule has 0 radical (unpaired) electrons. The van der Waals surface area contributed by atoms with Gasteiger partial charge in [-0.25, -0.2) is 9.79 Å². The maximum absolute atomic E-state index is 13.1. The maximum Gasteiger partial charge on any atom is 0.344 e. The van der Waals surface area contributed by atoms with Crippen LogP contribution in [0.3, 0.4) is 0 Å². The summed E-state index contributed by atoms with van der Waals surface area (Å²) in [7, 11) is 0. The van der Waals surface area contributed by atoms with Gasteiger partial charge in [-0.05, 0) is 110 Å². The number of hydrogen-bond donors (Lipinski definition) is 0. The van der Waals surface area contributed by atoms with Crippen molar-refractivity contribution in [3.05, 3.63) is 55.5 Å². The Bertz CT molecular complexity index is 1180. The minimum absolute atomic E-state index is 0.0860. The number of carbonyl (C=O) groups excluding carboxylic acids is 2. The lowest BCUT2D eigenvalue weighted by atomic mass is 10.1. The normalized spacial score (nSPS) is 15.7. The Balaban J connectivity index is 1.92. The highest BCUT2D eigenvalue weighted by molar-refractivity contribution is 14.1. The van der Waals surface area contributed by atoms with Crippen LogP contribution in [-0.4, -0.2) is 48.3 Å². The summed E-state index contributed by atoms with van der Waals surface area (Å²) in [4.78, 5) is 31.9. The molecule has 2 aromatic rings. The summed E-state index contributed by atoms with van der Waals surface area (Å²) in [6, 6.07) is 9.80. The lowest BCUT2D eigenvalue weighted by Gasteiger charge is -2.14.